The predicted octanol–water partition coefficient (Wildman–Crippen LogP) is 3.25. The number of amides is 1. The van der Waals surface area contributed by atoms with Gasteiger partial charge in [-0.15, -0.1) is 0 Å². The van der Waals surface area contributed by atoms with E-state index in [1.54, 1.807) is 4.90 Å². The van der Waals surface area contributed by atoms with E-state index >= 15 is 0 Å². The maximum Gasteiger partial charge on any atom is 0.409 e. The van der Waals surface area contributed by atoms with Crippen LogP contribution in [0.15, 0.2) is 0 Å². The van der Waals surface area contributed by atoms with Gasteiger partial charge in [-0.05, 0) is 18.3 Å². The molecule has 0 fully saturated rings. The zero-order valence-corrected chi connectivity index (χ0v) is 13.3. The lowest BCUT2D eigenvalue weighted by atomic mass is 10.1. The fourth-order valence-corrected chi connectivity index (χ4v) is 1.92. The predicted molar refractivity (Wildman–Crippen MR) is 80.1 cm³/mol. The van der Waals surface area contributed by atoms with Gasteiger partial charge in [0.15, 0.2) is 0 Å². The summed E-state index contributed by atoms with van der Waals surface area (Å²) in [7, 11) is 0. The third kappa shape index (κ3) is 9.77. The molecule has 0 aromatic rings. The van der Waals surface area contributed by atoms with Gasteiger partial charge in [0.25, 0.3) is 0 Å². The molecule has 0 bridgehead atoms. The molecule has 0 unspecified atom stereocenters. The van der Waals surface area contributed by atoms with Crippen molar-refractivity contribution in [2.75, 3.05) is 19.7 Å². The van der Waals surface area contributed by atoms with Crippen molar-refractivity contribution in [1.29, 1.82) is 0 Å². The van der Waals surface area contributed by atoms with Gasteiger partial charge in [0, 0.05) is 19.1 Å². The second-order valence-electron chi connectivity index (χ2n) is 6.17. The van der Waals surface area contributed by atoms with Crippen molar-refractivity contribution in [2.45, 2.75) is 59.9 Å². The highest BCUT2D eigenvalue weighted by molar-refractivity contribution is 5.67. The number of nitrogens with two attached hydrogens (primary N) is 1. The van der Waals surface area contributed by atoms with Crippen molar-refractivity contribution in [3.05, 3.63) is 0 Å². The molecule has 0 spiro atoms. The Morgan fingerprint density at radius 1 is 1.16 bits per heavy atom. The van der Waals surface area contributed by atoms with E-state index < -0.39 is 0 Å². The summed E-state index contributed by atoms with van der Waals surface area (Å²) in [5.41, 5.74) is 5.91. The number of hydrogen-bond donors (Lipinski definition) is 1. The molecule has 19 heavy (non-hydrogen) atoms. The summed E-state index contributed by atoms with van der Waals surface area (Å²) in [6.45, 7) is 12.3. The van der Waals surface area contributed by atoms with Crippen LogP contribution in [0.25, 0.3) is 0 Å². The second kappa shape index (κ2) is 10.1. The van der Waals surface area contributed by atoms with Crippen LogP contribution in [0.5, 0.6) is 0 Å². The van der Waals surface area contributed by atoms with Gasteiger partial charge in [-0.2, -0.15) is 0 Å². The molecule has 0 saturated carbocycles. The molecule has 114 valence electrons. The van der Waals surface area contributed by atoms with E-state index in [-0.39, 0.29) is 12.1 Å². The summed E-state index contributed by atoms with van der Waals surface area (Å²) in [6, 6.07) is -0.0381. The normalized spacial score (nSPS) is 12.8. The van der Waals surface area contributed by atoms with Crippen LogP contribution >= 0.6 is 0 Å². The summed E-state index contributed by atoms with van der Waals surface area (Å²) >= 11 is 0. The summed E-state index contributed by atoms with van der Waals surface area (Å²) < 4.78 is 5.33. The zero-order valence-electron chi connectivity index (χ0n) is 13.3. The third-order valence-corrected chi connectivity index (χ3v) is 2.78. The van der Waals surface area contributed by atoms with E-state index in [0.29, 0.717) is 18.4 Å². The van der Waals surface area contributed by atoms with Crippen LogP contribution < -0.4 is 5.73 Å². The van der Waals surface area contributed by atoms with E-state index in [1.165, 1.54) is 0 Å². The molecule has 1 amide bonds. The van der Waals surface area contributed by atoms with Crippen LogP contribution in [0.3, 0.4) is 0 Å². The van der Waals surface area contributed by atoms with Gasteiger partial charge in [-0.1, -0.05) is 47.5 Å². The minimum Gasteiger partial charge on any atom is -0.448 e. The lowest BCUT2D eigenvalue weighted by molar-refractivity contribution is 0.0874. The van der Waals surface area contributed by atoms with Crippen LogP contribution in [0, 0.1) is 11.8 Å². The van der Waals surface area contributed by atoms with Gasteiger partial charge < -0.3 is 15.4 Å². The van der Waals surface area contributed by atoms with Gasteiger partial charge in [0.05, 0.1) is 0 Å². The first-order valence-corrected chi connectivity index (χ1v) is 7.54. The van der Waals surface area contributed by atoms with Crippen LogP contribution in [-0.4, -0.2) is 36.7 Å². The molecule has 0 aromatic carbocycles. The Bertz CT molecular complexity index is 232. The number of nitrogens with zero attached hydrogens (tertiary/aromatic N) is 1. The molecule has 1 atom stereocenters. The molecule has 0 heterocycles. The Morgan fingerprint density at radius 2 is 1.68 bits per heavy atom. The summed E-state index contributed by atoms with van der Waals surface area (Å²) in [5, 5.41) is 0. The fourth-order valence-electron chi connectivity index (χ4n) is 1.92. The minimum atomic E-state index is -0.227. The minimum absolute atomic E-state index is 0.0381. The number of carbonyl (C=O) groups is 1. The van der Waals surface area contributed by atoms with Gasteiger partial charge >= 0.3 is 6.09 Å². The van der Waals surface area contributed by atoms with Crippen molar-refractivity contribution in [3.63, 3.8) is 0 Å². The molecule has 0 saturated heterocycles. The van der Waals surface area contributed by atoms with Gasteiger partial charge in [0.1, 0.15) is 6.61 Å². The Hall–Kier alpha value is -0.770. The van der Waals surface area contributed by atoms with Gasteiger partial charge in [-0.3, -0.25) is 0 Å². The molecule has 4 heteroatoms. The van der Waals surface area contributed by atoms with E-state index in [9.17, 15) is 4.79 Å². The van der Waals surface area contributed by atoms with E-state index in [0.717, 1.165) is 32.4 Å². The number of ether oxygens (including phenoxy) is 1. The molecule has 0 aliphatic carbocycles. The number of carbonyl (C=O) groups excluding carboxylic acids is 1. The molecule has 0 aliphatic rings. The molecule has 0 aliphatic heterocycles. The van der Waals surface area contributed by atoms with Crippen LogP contribution in [0.4, 0.5) is 4.79 Å². The largest absolute Gasteiger partial charge is 0.448 e. The van der Waals surface area contributed by atoms with Crippen molar-refractivity contribution in [2.24, 2.45) is 17.6 Å². The maximum absolute atomic E-state index is 12.0. The molecule has 0 aromatic heterocycles. The summed E-state index contributed by atoms with van der Waals surface area (Å²) in [4.78, 5) is 13.8. The van der Waals surface area contributed by atoms with Crippen LogP contribution in [-0.2, 0) is 4.74 Å². The quantitative estimate of drug-likeness (QED) is 0.701. The van der Waals surface area contributed by atoms with Crippen molar-refractivity contribution in [3.8, 4) is 0 Å². The standard InChI is InChI=1S/C15H32N2O2/c1-6-7-8-14(16)11-19-15(18)17(9-12(2)3)10-13(4)5/h12-14H,6-11,16H2,1-5H3/t14-/m0/s1. The van der Waals surface area contributed by atoms with Gasteiger partial charge in [0.2, 0.25) is 0 Å². The van der Waals surface area contributed by atoms with E-state index in [2.05, 4.69) is 34.6 Å². The average Bonchev–Trinajstić information content (AvgIpc) is 2.31. The third-order valence-electron chi connectivity index (χ3n) is 2.78. The fraction of sp³-hybridized carbons (Fsp3) is 0.933. The summed E-state index contributed by atoms with van der Waals surface area (Å²) in [6.07, 6.45) is 2.89. The Labute approximate surface area is 118 Å². The van der Waals surface area contributed by atoms with E-state index in [4.69, 9.17) is 10.5 Å². The highest BCUT2D eigenvalue weighted by atomic mass is 16.6. The average molecular weight is 272 g/mol. The molecule has 0 rings (SSSR count). The molecular weight excluding hydrogens is 240 g/mol. The highest BCUT2D eigenvalue weighted by Crippen LogP contribution is 2.07. The first kappa shape index (κ1) is 18.2. The lowest BCUT2D eigenvalue weighted by Gasteiger charge is -2.26. The summed E-state index contributed by atoms with van der Waals surface area (Å²) in [5.74, 6) is 0.889. The first-order chi connectivity index (χ1) is 8.86. The van der Waals surface area contributed by atoms with Crippen molar-refractivity contribution < 1.29 is 9.53 Å². The highest BCUT2D eigenvalue weighted by Gasteiger charge is 2.18. The maximum atomic E-state index is 12.0. The molecule has 2 N–H and O–H groups in total. The second-order valence-corrected chi connectivity index (χ2v) is 6.17. The Kier molecular flexibility index (Phi) is 9.66. The van der Waals surface area contributed by atoms with Gasteiger partial charge in [-0.25, -0.2) is 4.79 Å². The number of hydrogen-bond acceptors (Lipinski definition) is 3. The smallest absolute Gasteiger partial charge is 0.409 e. The van der Waals surface area contributed by atoms with Crippen molar-refractivity contribution >= 4 is 6.09 Å². The lowest BCUT2D eigenvalue weighted by Crippen LogP contribution is -2.39. The van der Waals surface area contributed by atoms with Crippen molar-refractivity contribution in [1.82, 2.24) is 4.90 Å². The van der Waals surface area contributed by atoms with Crippen LogP contribution in [0.2, 0.25) is 0 Å². The Balaban J connectivity index is 4.15. The molecule has 0 radical (unpaired) electrons. The zero-order chi connectivity index (χ0) is 14.8. The molecule has 4 nitrogen and oxygen atoms in total. The SMILES string of the molecule is CCCC[C@H](N)COC(=O)N(CC(C)C)CC(C)C. The monoisotopic (exact) mass is 272 g/mol. The topological polar surface area (TPSA) is 55.6 Å². The number of unbranched alkanes of at least 4 members (excludes halogenated alkanes) is 1. The molecular formula is C15H32N2O2. The Morgan fingerprint density at radius 3 is 2.11 bits per heavy atom. The first-order valence-electron chi connectivity index (χ1n) is 7.54. The van der Waals surface area contributed by atoms with Crippen LogP contribution in [0.1, 0.15) is 53.9 Å². The number of rotatable bonds is 9. The van der Waals surface area contributed by atoms with E-state index in [1.807, 2.05) is 0 Å².